The predicted octanol–water partition coefficient (Wildman–Crippen LogP) is 4.11. The molecule has 0 aliphatic heterocycles. The molecule has 0 saturated carbocycles. The molecule has 3 aromatic rings. The highest BCUT2D eigenvalue weighted by atomic mass is 16.2. The van der Waals surface area contributed by atoms with Crippen LogP contribution >= 0.6 is 0 Å². The molecule has 6 heteroatoms. The fraction of sp³-hybridized carbons (Fsp3) is 0.190. The third-order valence-electron chi connectivity index (χ3n) is 4.32. The maximum absolute atomic E-state index is 12.7. The summed E-state index contributed by atoms with van der Waals surface area (Å²) in [6, 6.07) is 11.0. The van der Waals surface area contributed by atoms with Crippen LogP contribution in [0.5, 0.6) is 0 Å². The van der Waals surface area contributed by atoms with E-state index in [2.05, 4.69) is 15.6 Å². The van der Waals surface area contributed by atoms with Gasteiger partial charge >= 0.3 is 6.03 Å². The number of benzene rings is 2. The van der Waals surface area contributed by atoms with Gasteiger partial charge in [-0.15, -0.1) is 0 Å². The molecular formula is C21H22N4O2. The van der Waals surface area contributed by atoms with Gasteiger partial charge in [0.25, 0.3) is 5.56 Å². The fourth-order valence-corrected chi connectivity index (χ4v) is 2.88. The second kappa shape index (κ2) is 7.45. The van der Waals surface area contributed by atoms with Crippen LogP contribution in [0, 0.1) is 27.7 Å². The Morgan fingerprint density at radius 1 is 0.926 bits per heavy atom. The molecular weight excluding hydrogens is 340 g/mol. The van der Waals surface area contributed by atoms with E-state index in [1.807, 2.05) is 64.1 Å². The molecule has 0 spiro atoms. The lowest BCUT2D eigenvalue weighted by molar-refractivity contribution is 0.262. The van der Waals surface area contributed by atoms with E-state index in [4.69, 9.17) is 0 Å². The minimum Gasteiger partial charge on any atom is -0.308 e. The molecule has 2 N–H and O–H groups in total. The van der Waals surface area contributed by atoms with Crippen LogP contribution in [-0.4, -0.2) is 15.6 Å². The summed E-state index contributed by atoms with van der Waals surface area (Å²) < 4.78 is 1.47. The summed E-state index contributed by atoms with van der Waals surface area (Å²) in [5.74, 6) is -0.0296. The van der Waals surface area contributed by atoms with E-state index >= 15 is 0 Å². The number of nitrogens with one attached hydrogen (secondary N) is 2. The van der Waals surface area contributed by atoms with E-state index in [1.165, 1.54) is 10.8 Å². The van der Waals surface area contributed by atoms with Gasteiger partial charge in [0.05, 0.1) is 0 Å². The topological polar surface area (TPSA) is 76.0 Å². The van der Waals surface area contributed by atoms with E-state index in [0.29, 0.717) is 5.69 Å². The van der Waals surface area contributed by atoms with Gasteiger partial charge in [-0.3, -0.25) is 14.7 Å². The SMILES string of the molecule is Cc1cc(C)cc(-n2ccnc(NC(=O)Nc3ccc(C)c(C)c3)c2=O)c1. The smallest absolute Gasteiger partial charge is 0.308 e. The molecule has 138 valence electrons. The Morgan fingerprint density at radius 2 is 1.63 bits per heavy atom. The van der Waals surface area contributed by atoms with Crippen LogP contribution in [-0.2, 0) is 0 Å². The van der Waals surface area contributed by atoms with Gasteiger partial charge in [-0.1, -0.05) is 12.1 Å². The van der Waals surface area contributed by atoms with Crippen molar-refractivity contribution in [3.8, 4) is 5.69 Å². The molecule has 0 bridgehead atoms. The number of hydrogen-bond donors (Lipinski definition) is 2. The summed E-state index contributed by atoms with van der Waals surface area (Å²) in [5.41, 5.74) is 5.31. The van der Waals surface area contributed by atoms with E-state index in [9.17, 15) is 9.59 Å². The Labute approximate surface area is 157 Å². The van der Waals surface area contributed by atoms with Crippen molar-refractivity contribution in [2.75, 3.05) is 10.6 Å². The lowest BCUT2D eigenvalue weighted by atomic mass is 10.1. The molecule has 2 aromatic carbocycles. The van der Waals surface area contributed by atoms with Crippen molar-refractivity contribution in [1.29, 1.82) is 0 Å². The first-order valence-corrected chi connectivity index (χ1v) is 8.65. The van der Waals surface area contributed by atoms with Crippen LogP contribution in [0.15, 0.2) is 53.6 Å². The van der Waals surface area contributed by atoms with Crippen LogP contribution in [0.1, 0.15) is 22.3 Å². The maximum Gasteiger partial charge on any atom is 0.325 e. The molecule has 27 heavy (non-hydrogen) atoms. The molecule has 0 saturated heterocycles. The van der Waals surface area contributed by atoms with Crippen molar-refractivity contribution < 1.29 is 4.79 Å². The van der Waals surface area contributed by atoms with E-state index in [-0.39, 0.29) is 5.82 Å². The first-order chi connectivity index (χ1) is 12.8. The van der Waals surface area contributed by atoms with Crippen molar-refractivity contribution in [1.82, 2.24) is 9.55 Å². The van der Waals surface area contributed by atoms with Crippen LogP contribution in [0.4, 0.5) is 16.3 Å². The van der Waals surface area contributed by atoms with Crippen LogP contribution < -0.4 is 16.2 Å². The van der Waals surface area contributed by atoms with Crippen molar-refractivity contribution in [3.63, 3.8) is 0 Å². The largest absolute Gasteiger partial charge is 0.325 e. The number of amides is 2. The minimum absolute atomic E-state index is 0.0296. The molecule has 2 amide bonds. The Bertz CT molecular complexity index is 1050. The van der Waals surface area contributed by atoms with E-state index < -0.39 is 11.6 Å². The number of carbonyl (C=O) groups excluding carboxylic acids is 1. The number of rotatable bonds is 3. The molecule has 0 aliphatic carbocycles. The van der Waals surface area contributed by atoms with Gasteiger partial charge < -0.3 is 5.32 Å². The highest BCUT2D eigenvalue weighted by Gasteiger charge is 2.11. The van der Waals surface area contributed by atoms with Crippen LogP contribution in [0.25, 0.3) is 5.69 Å². The van der Waals surface area contributed by atoms with E-state index in [1.54, 1.807) is 6.20 Å². The van der Waals surface area contributed by atoms with Crippen LogP contribution in [0.2, 0.25) is 0 Å². The molecule has 3 rings (SSSR count). The zero-order valence-electron chi connectivity index (χ0n) is 15.8. The number of urea groups is 1. The van der Waals surface area contributed by atoms with Crippen molar-refractivity contribution in [2.24, 2.45) is 0 Å². The standard InChI is InChI=1S/C21H22N4O2/c1-13-9-14(2)11-18(10-13)25-8-7-22-19(20(25)26)24-21(27)23-17-6-5-15(3)16(4)12-17/h5-12H,1-4H3,(H2,22,23,24,27). The van der Waals surface area contributed by atoms with Gasteiger partial charge in [0, 0.05) is 23.8 Å². The van der Waals surface area contributed by atoms with Crippen LogP contribution in [0.3, 0.4) is 0 Å². The quantitative estimate of drug-likeness (QED) is 0.736. The fourth-order valence-electron chi connectivity index (χ4n) is 2.88. The Kier molecular flexibility index (Phi) is 5.07. The molecule has 0 atom stereocenters. The van der Waals surface area contributed by atoms with Crippen molar-refractivity contribution in [3.05, 3.63) is 81.4 Å². The number of anilines is 2. The van der Waals surface area contributed by atoms with Gasteiger partial charge in [-0.05, 0) is 74.2 Å². The number of aryl methyl sites for hydroxylation is 4. The summed E-state index contributed by atoms with van der Waals surface area (Å²) >= 11 is 0. The van der Waals surface area contributed by atoms with Gasteiger partial charge in [0.15, 0.2) is 0 Å². The second-order valence-electron chi connectivity index (χ2n) is 6.68. The molecule has 1 aromatic heterocycles. The Balaban J connectivity index is 1.84. The summed E-state index contributed by atoms with van der Waals surface area (Å²) in [5, 5.41) is 5.26. The molecule has 0 aliphatic rings. The predicted molar refractivity (Wildman–Crippen MR) is 108 cm³/mol. The molecule has 0 unspecified atom stereocenters. The third-order valence-corrected chi connectivity index (χ3v) is 4.32. The monoisotopic (exact) mass is 362 g/mol. The summed E-state index contributed by atoms with van der Waals surface area (Å²) in [7, 11) is 0. The first-order valence-electron chi connectivity index (χ1n) is 8.65. The average Bonchev–Trinajstić information content (AvgIpc) is 2.59. The normalized spacial score (nSPS) is 10.5. The number of aromatic nitrogens is 2. The minimum atomic E-state index is -0.513. The van der Waals surface area contributed by atoms with Gasteiger partial charge in [0.2, 0.25) is 5.82 Å². The third kappa shape index (κ3) is 4.23. The highest BCUT2D eigenvalue weighted by molar-refractivity contribution is 5.99. The van der Waals surface area contributed by atoms with Gasteiger partial charge in [0.1, 0.15) is 0 Å². The second-order valence-corrected chi connectivity index (χ2v) is 6.68. The lowest BCUT2D eigenvalue weighted by Gasteiger charge is -2.11. The summed E-state index contributed by atoms with van der Waals surface area (Å²) in [6.45, 7) is 7.92. The van der Waals surface area contributed by atoms with Crippen molar-refractivity contribution >= 4 is 17.5 Å². The Morgan fingerprint density at radius 3 is 2.30 bits per heavy atom. The maximum atomic E-state index is 12.7. The van der Waals surface area contributed by atoms with Crippen molar-refractivity contribution in [2.45, 2.75) is 27.7 Å². The lowest BCUT2D eigenvalue weighted by Crippen LogP contribution is -2.28. The number of nitrogens with zero attached hydrogens (tertiary/aromatic N) is 2. The Hall–Kier alpha value is -3.41. The summed E-state index contributed by atoms with van der Waals surface area (Å²) in [6.07, 6.45) is 3.08. The number of hydrogen-bond acceptors (Lipinski definition) is 3. The molecule has 6 nitrogen and oxygen atoms in total. The summed E-state index contributed by atoms with van der Waals surface area (Å²) in [4.78, 5) is 29.0. The number of carbonyl (C=O) groups is 1. The molecule has 1 heterocycles. The first kappa shape index (κ1) is 18.4. The molecule has 0 fully saturated rings. The average molecular weight is 362 g/mol. The van der Waals surface area contributed by atoms with Gasteiger partial charge in [-0.25, -0.2) is 9.78 Å². The van der Waals surface area contributed by atoms with E-state index in [0.717, 1.165) is 27.9 Å². The van der Waals surface area contributed by atoms with Gasteiger partial charge in [-0.2, -0.15) is 0 Å². The zero-order chi connectivity index (χ0) is 19.6. The highest BCUT2D eigenvalue weighted by Crippen LogP contribution is 2.15. The zero-order valence-corrected chi connectivity index (χ0v) is 15.8. The molecule has 0 radical (unpaired) electrons.